The van der Waals surface area contributed by atoms with Gasteiger partial charge in [0.15, 0.2) is 0 Å². The Labute approximate surface area is 114 Å². The van der Waals surface area contributed by atoms with Gasteiger partial charge in [-0.2, -0.15) is 0 Å². The molecule has 3 nitrogen and oxygen atoms in total. The zero-order valence-electron chi connectivity index (χ0n) is 11.0. The second-order valence-corrected chi connectivity index (χ2v) is 5.56. The molecule has 2 rings (SSSR count). The summed E-state index contributed by atoms with van der Waals surface area (Å²) in [6, 6.07) is 2.23. The number of nitrogens with zero attached hydrogens (tertiary/aromatic N) is 1. The van der Waals surface area contributed by atoms with E-state index in [4.69, 9.17) is 17.3 Å². The molecule has 0 amide bonds. The fraction of sp³-hybridized carbons (Fsp3) is 0.643. The monoisotopic (exact) mass is 267 g/mol. The molecule has 100 valence electrons. The summed E-state index contributed by atoms with van der Waals surface area (Å²) < 4.78 is 0. The highest BCUT2D eigenvalue weighted by Gasteiger charge is 2.23. The Morgan fingerprint density at radius 1 is 1.44 bits per heavy atom. The van der Waals surface area contributed by atoms with Crippen molar-refractivity contribution in [2.75, 3.05) is 11.1 Å². The molecule has 4 heteroatoms. The minimum atomic E-state index is 0.471. The Morgan fingerprint density at radius 3 is 2.78 bits per heavy atom. The summed E-state index contributed by atoms with van der Waals surface area (Å²) in [4.78, 5) is 4.29. The highest BCUT2D eigenvalue weighted by atomic mass is 35.5. The van der Waals surface area contributed by atoms with Crippen molar-refractivity contribution in [3.63, 3.8) is 0 Å². The molecule has 1 heterocycles. The summed E-state index contributed by atoms with van der Waals surface area (Å²) in [5.74, 6) is 1.52. The first-order chi connectivity index (χ1) is 8.70. The van der Waals surface area contributed by atoms with Crippen LogP contribution < -0.4 is 11.1 Å². The lowest BCUT2D eigenvalue weighted by Crippen LogP contribution is -2.30. The van der Waals surface area contributed by atoms with Crippen LogP contribution in [0.3, 0.4) is 0 Å². The minimum Gasteiger partial charge on any atom is -0.397 e. The van der Waals surface area contributed by atoms with Crippen LogP contribution in [0.25, 0.3) is 0 Å². The van der Waals surface area contributed by atoms with Gasteiger partial charge in [0, 0.05) is 6.04 Å². The number of nitrogens with two attached hydrogens (primary N) is 1. The van der Waals surface area contributed by atoms with E-state index in [0.29, 0.717) is 16.8 Å². The Kier molecular flexibility index (Phi) is 4.70. The van der Waals surface area contributed by atoms with E-state index in [-0.39, 0.29) is 0 Å². The van der Waals surface area contributed by atoms with Crippen molar-refractivity contribution in [2.24, 2.45) is 5.92 Å². The van der Waals surface area contributed by atoms with Crippen LogP contribution in [-0.4, -0.2) is 11.0 Å². The van der Waals surface area contributed by atoms with Gasteiger partial charge in [-0.3, -0.25) is 0 Å². The smallest absolute Gasteiger partial charge is 0.145 e. The third-order valence-corrected chi connectivity index (χ3v) is 4.13. The maximum absolute atomic E-state index is 6.16. The molecule has 0 aliphatic heterocycles. The molecule has 1 aliphatic rings. The average Bonchev–Trinajstić information content (AvgIpc) is 2.39. The van der Waals surface area contributed by atoms with Crippen LogP contribution in [0.5, 0.6) is 0 Å². The van der Waals surface area contributed by atoms with Crippen LogP contribution in [0, 0.1) is 5.92 Å². The van der Waals surface area contributed by atoms with Crippen molar-refractivity contribution in [2.45, 2.75) is 51.5 Å². The van der Waals surface area contributed by atoms with E-state index >= 15 is 0 Å². The summed E-state index contributed by atoms with van der Waals surface area (Å²) in [5, 5.41) is 4.11. The third-order valence-electron chi connectivity index (χ3n) is 3.84. The highest BCUT2D eigenvalue weighted by Crippen LogP contribution is 2.31. The number of nitrogen functional groups attached to an aromatic ring is 1. The molecular formula is C14H22ClN3. The molecule has 1 fully saturated rings. The zero-order valence-corrected chi connectivity index (χ0v) is 11.7. The van der Waals surface area contributed by atoms with Gasteiger partial charge in [0.1, 0.15) is 5.82 Å². The van der Waals surface area contributed by atoms with Crippen molar-refractivity contribution >= 4 is 23.1 Å². The highest BCUT2D eigenvalue weighted by molar-refractivity contribution is 6.33. The van der Waals surface area contributed by atoms with Crippen LogP contribution in [0.1, 0.15) is 45.4 Å². The number of aromatic nitrogens is 1. The largest absolute Gasteiger partial charge is 0.397 e. The van der Waals surface area contributed by atoms with Crippen molar-refractivity contribution in [1.82, 2.24) is 4.98 Å². The molecule has 1 unspecified atom stereocenters. The van der Waals surface area contributed by atoms with E-state index < -0.39 is 0 Å². The first kappa shape index (κ1) is 13.5. The standard InChI is InChI=1S/C14H22ClN3/c1-2-13(10-6-4-3-5-7-10)18-14-12(15)8-11(16)9-17-14/h8-10,13H,2-7,16H2,1H3,(H,17,18). The Bertz CT molecular complexity index is 389. The molecule has 1 saturated carbocycles. The summed E-state index contributed by atoms with van der Waals surface area (Å²) >= 11 is 6.16. The fourth-order valence-corrected chi connectivity index (χ4v) is 3.05. The third kappa shape index (κ3) is 3.29. The van der Waals surface area contributed by atoms with Crippen LogP contribution in [0.2, 0.25) is 5.02 Å². The molecule has 1 aliphatic carbocycles. The predicted molar refractivity (Wildman–Crippen MR) is 77.9 cm³/mol. The Morgan fingerprint density at radius 2 is 2.17 bits per heavy atom. The first-order valence-electron chi connectivity index (χ1n) is 6.88. The van der Waals surface area contributed by atoms with Gasteiger partial charge in [-0.1, -0.05) is 37.8 Å². The van der Waals surface area contributed by atoms with E-state index in [2.05, 4.69) is 17.2 Å². The Balaban J connectivity index is 2.04. The number of anilines is 2. The lowest BCUT2D eigenvalue weighted by Gasteiger charge is -2.30. The van der Waals surface area contributed by atoms with Gasteiger partial charge in [0.25, 0.3) is 0 Å². The number of pyridine rings is 1. The van der Waals surface area contributed by atoms with Crippen molar-refractivity contribution in [3.05, 3.63) is 17.3 Å². The van der Waals surface area contributed by atoms with Crippen LogP contribution in [0.4, 0.5) is 11.5 Å². The van der Waals surface area contributed by atoms with Gasteiger partial charge in [0.05, 0.1) is 16.9 Å². The summed E-state index contributed by atoms with van der Waals surface area (Å²) in [7, 11) is 0. The van der Waals surface area contributed by atoms with Crippen molar-refractivity contribution in [3.8, 4) is 0 Å². The molecule has 1 aromatic rings. The van der Waals surface area contributed by atoms with E-state index in [1.165, 1.54) is 32.1 Å². The van der Waals surface area contributed by atoms with Gasteiger partial charge in [0.2, 0.25) is 0 Å². The molecule has 0 aromatic carbocycles. The molecular weight excluding hydrogens is 246 g/mol. The minimum absolute atomic E-state index is 0.471. The average molecular weight is 268 g/mol. The molecule has 18 heavy (non-hydrogen) atoms. The summed E-state index contributed by atoms with van der Waals surface area (Å²) in [5.41, 5.74) is 6.27. The number of hydrogen-bond donors (Lipinski definition) is 2. The Hall–Kier alpha value is -0.960. The maximum Gasteiger partial charge on any atom is 0.145 e. The van der Waals surface area contributed by atoms with Crippen molar-refractivity contribution in [1.29, 1.82) is 0 Å². The van der Waals surface area contributed by atoms with Gasteiger partial charge < -0.3 is 11.1 Å². The number of hydrogen-bond acceptors (Lipinski definition) is 3. The topological polar surface area (TPSA) is 50.9 Å². The second kappa shape index (κ2) is 6.28. The molecule has 0 spiro atoms. The van der Waals surface area contributed by atoms with E-state index in [9.17, 15) is 0 Å². The quantitative estimate of drug-likeness (QED) is 0.864. The summed E-state index contributed by atoms with van der Waals surface area (Å²) in [6.07, 6.45) is 9.48. The van der Waals surface area contributed by atoms with Crippen LogP contribution in [0.15, 0.2) is 12.3 Å². The lowest BCUT2D eigenvalue weighted by atomic mass is 9.83. The van der Waals surface area contributed by atoms with Gasteiger partial charge in [-0.15, -0.1) is 0 Å². The van der Waals surface area contributed by atoms with Gasteiger partial charge in [-0.05, 0) is 31.2 Å². The first-order valence-corrected chi connectivity index (χ1v) is 7.26. The van der Waals surface area contributed by atoms with E-state index in [1.54, 1.807) is 12.3 Å². The van der Waals surface area contributed by atoms with Crippen LogP contribution in [-0.2, 0) is 0 Å². The molecule has 3 N–H and O–H groups in total. The normalized spacial score (nSPS) is 18.6. The van der Waals surface area contributed by atoms with Crippen LogP contribution >= 0.6 is 11.6 Å². The molecule has 0 saturated heterocycles. The van der Waals surface area contributed by atoms with E-state index in [0.717, 1.165) is 18.2 Å². The summed E-state index contributed by atoms with van der Waals surface area (Å²) in [6.45, 7) is 2.22. The maximum atomic E-state index is 6.16. The zero-order chi connectivity index (χ0) is 13.0. The van der Waals surface area contributed by atoms with E-state index in [1.807, 2.05) is 0 Å². The number of rotatable bonds is 4. The van der Waals surface area contributed by atoms with Gasteiger partial charge >= 0.3 is 0 Å². The lowest BCUT2D eigenvalue weighted by molar-refractivity contribution is 0.312. The molecule has 0 radical (unpaired) electrons. The van der Waals surface area contributed by atoms with Crippen molar-refractivity contribution < 1.29 is 0 Å². The number of nitrogens with one attached hydrogen (secondary N) is 1. The number of halogens is 1. The molecule has 1 aromatic heterocycles. The SMILES string of the molecule is CCC(Nc1ncc(N)cc1Cl)C1CCCCC1. The fourth-order valence-electron chi connectivity index (χ4n) is 2.82. The second-order valence-electron chi connectivity index (χ2n) is 5.16. The molecule has 1 atom stereocenters. The molecule has 0 bridgehead atoms. The predicted octanol–water partition coefficient (Wildman–Crippen LogP) is 4.09. The van der Waals surface area contributed by atoms with Gasteiger partial charge in [-0.25, -0.2) is 4.98 Å².